The van der Waals surface area contributed by atoms with Crippen molar-refractivity contribution in [3.63, 3.8) is 0 Å². The smallest absolute Gasteiger partial charge is 0.475 e. The molecule has 15 heteroatoms. The van der Waals surface area contributed by atoms with Gasteiger partial charge in [-0.25, -0.2) is 18.4 Å². The van der Waals surface area contributed by atoms with Crippen LogP contribution in [0, 0.1) is 23.0 Å². The zero-order valence-electron chi connectivity index (χ0n) is 20.6. The number of nitrogens with two attached hydrogens (primary N) is 1. The van der Waals surface area contributed by atoms with E-state index in [0.717, 1.165) is 35.0 Å². The molecule has 0 radical (unpaired) electrons. The van der Waals surface area contributed by atoms with Crippen molar-refractivity contribution in [1.29, 1.82) is 5.26 Å². The van der Waals surface area contributed by atoms with Crippen molar-refractivity contribution < 1.29 is 41.4 Å². The van der Waals surface area contributed by atoms with Crippen molar-refractivity contribution in [3.05, 3.63) is 59.8 Å². The Bertz CT molecular complexity index is 1450. The fraction of sp³-hybridized carbons (Fsp3) is 0.280. The average molecular weight is 566 g/mol. The number of fused-ring (bicyclic) bond motifs is 1. The van der Waals surface area contributed by atoms with Gasteiger partial charge in [0.15, 0.2) is 11.6 Å². The van der Waals surface area contributed by atoms with Crippen LogP contribution in [-0.2, 0) is 16.0 Å². The Morgan fingerprint density at radius 2 is 1.75 bits per heavy atom. The maximum Gasteiger partial charge on any atom is 0.490 e. The Kier molecular flexibility index (Phi) is 9.27. The molecule has 6 N–H and O–H groups in total. The van der Waals surface area contributed by atoms with Crippen molar-refractivity contribution in [2.75, 3.05) is 17.2 Å². The Hall–Kier alpha value is -4.71. The summed E-state index contributed by atoms with van der Waals surface area (Å²) in [5, 5.41) is 22.2. The van der Waals surface area contributed by atoms with Crippen molar-refractivity contribution in [1.82, 2.24) is 9.88 Å². The standard InChI is InChI=1S/C23H22F2N6O2.C2HF3O2/c24-18-5-3-15(10-19(18)25)30-23(33)29-14-4-6-21-17(9-14)13(12-28-21)8-20(27)22(32)31-7-1-2-16(31)11-26;3-2(4,5)1(6)7/h3-6,9-10,12,16,20,28H,1-2,7-8,27H2,(H2,29,30,33);(H,6,7). The minimum Gasteiger partial charge on any atom is -0.475 e. The summed E-state index contributed by atoms with van der Waals surface area (Å²) in [5.41, 5.74) is 8.34. The third-order valence-electron chi connectivity index (χ3n) is 5.89. The molecule has 0 saturated carbocycles. The van der Waals surface area contributed by atoms with Gasteiger partial charge in [-0.3, -0.25) is 4.79 Å². The Morgan fingerprint density at radius 3 is 2.35 bits per heavy atom. The van der Waals surface area contributed by atoms with Gasteiger partial charge in [-0.05, 0) is 55.2 Å². The summed E-state index contributed by atoms with van der Waals surface area (Å²) in [6.07, 6.45) is -1.62. The number of carbonyl (C=O) groups is 3. The number of nitrogens with one attached hydrogen (secondary N) is 3. The lowest BCUT2D eigenvalue weighted by molar-refractivity contribution is -0.192. The Balaban J connectivity index is 0.000000559. The van der Waals surface area contributed by atoms with E-state index in [-0.39, 0.29) is 18.0 Å². The number of carboxylic acid groups (broad SMARTS) is 1. The molecule has 4 rings (SSSR count). The number of urea groups is 1. The van der Waals surface area contributed by atoms with E-state index >= 15 is 0 Å². The molecule has 40 heavy (non-hydrogen) atoms. The SMILES string of the molecule is N#CC1CCCN1C(=O)C(N)Cc1c[nH]c2ccc(NC(=O)Nc3ccc(F)c(F)c3)cc12.O=C(O)C(F)(F)F. The number of nitrogens with zero attached hydrogens (tertiary/aromatic N) is 2. The number of halogens is 5. The first-order valence-corrected chi connectivity index (χ1v) is 11.7. The van der Waals surface area contributed by atoms with Gasteiger partial charge in [0.2, 0.25) is 5.91 Å². The van der Waals surface area contributed by atoms with Gasteiger partial charge in [0, 0.05) is 41.1 Å². The third kappa shape index (κ3) is 7.44. The van der Waals surface area contributed by atoms with Crippen LogP contribution in [0.4, 0.5) is 38.1 Å². The van der Waals surface area contributed by atoms with E-state index in [1.807, 2.05) is 0 Å². The number of anilines is 2. The number of hydrogen-bond acceptors (Lipinski definition) is 5. The molecule has 2 heterocycles. The van der Waals surface area contributed by atoms with Crippen LogP contribution in [0.5, 0.6) is 0 Å². The average Bonchev–Trinajstić information content (AvgIpc) is 3.52. The van der Waals surface area contributed by atoms with E-state index in [1.54, 1.807) is 24.4 Å². The molecule has 3 amide bonds. The first-order valence-electron chi connectivity index (χ1n) is 11.7. The normalized spacial score (nSPS) is 15.5. The molecular weight excluding hydrogens is 543 g/mol. The number of carboxylic acids is 1. The number of carbonyl (C=O) groups excluding carboxylic acids is 2. The number of H-pyrrole nitrogens is 1. The number of aromatic nitrogens is 1. The summed E-state index contributed by atoms with van der Waals surface area (Å²) in [6.45, 7) is 0.528. The van der Waals surface area contributed by atoms with E-state index < -0.39 is 41.9 Å². The molecule has 2 aromatic carbocycles. The zero-order valence-corrected chi connectivity index (χ0v) is 20.6. The predicted octanol–water partition coefficient (Wildman–Crippen LogP) is 4.11. The second-order valence-corrected chi connectivity index (χ2v) is 8.71. The summed E-state index contributed by atoms with van der Waals surface area (Å²) in [4.78, 5) is 38.5. The fourth-order valence-corrected chi connectivity index (χ4v) is 3.99. The summed E-state index contributed by atoms with van der Waals surface area (Å²) in [6, 6.07) is 8.53. The van der Waals surface area contributed by atoms with Crippen LogP contribution in [0.1, 0.15) is 18.4 Å². The summed E-state index contributed by atoms with van der Waals surface area (Å²) in [5.74, 6) is -5.08. The molecule has 0 aliphatic carbocycles. The number of benzene rings is 2. The van der Waals surface area contributed by atoms with E-state index in [4.69, 9.17) is 15.6 Å². The maximum atomic E-state index is 13.3. The molecule has 0 bridgehead atoms. The zero-order chi connectivity index (χ0) is 29.6. The molecule has 212 valence electrons. The van der Waals surface area contributed by atoms with Crippen LogP contribution in [0.25, 0.3) is 10.9 Å². The summed E-state index contributed by atoms with van der Waals surface area (Å²) < 4.78 is 58.1. The topological polar surface area (TPSA) is 164 Å². The number of hydrogen-bond donors (Lipinski definition) is 5. The second kappa shape index (κ2) is 12.4. The van der Waals surface area contributed by atoms with Crippen LogP contribution in [0.15, 0.2) is 42.6 Å². The number of rotatable bonds is 5. The molecule has 10 nitrogen and oxygen atoms in total. The van der Waals surface area contributed by atoms with E-state index in [0.29, 0.717) is 18.7 Å². The summed E-state index contributed by atoms with van der Waals surface area (Å²) >= 11 is 0. The Morgan fingerprint density at radius 1 is 1.12 bits per heavy atom. The molecule has 1 aliphatic rings. The molecule has 2 atom stereocenters. The lowest BCUT2D eigenvalue weighted by Gasteiger charge is -2.23. The molecule has 1 aliphatic heterocycles. The largest absolute Gasteiger partial charge is 0.490 e. The quantitative estimate of drug-likeness (QED) is 0.292. The molecule has 1 fully saturated rings. The first-order chi connectivity index (χ1) is 18.8. The highest BCUT2D eigenvalue weighted by atomic mass is 19.4. The highest BCUT2D eigenvalue weighted by molar-refractivity contribution is 6.01. The highest BCUT2D eigenvalue weighted by Gasteiger charge is 2.38. The van der Waals surface area contributed by atoms with Crippen molar-refractivity contribution in [3.8, 4) is 6.07 Å². The first kappa shape index (κ1) is 29.8. The van der Waals surface area contributed by atoms with Crippen LogP contribution >= 0.6 is 0 Å². The monoisotopic (exact) mass is 566 g/mol. The number of alkyl halides is 3. The Labute approximate surface area is 223 Å². The van der Waals surface area contributed by atoms with Crippen LogP contribution in [0.2, 0.25) is 0 Å². The number of likely N-dealkylation sites (tertiary alicyclic amines) is 1. The predicted molar refractivity (Wildman–Crippen MR) is 133 cm³/mol. The minimum absolute atomic E-state index is 0.108. The van der Waals surface area contributed by atoms with Crippen LogP contribution < -0.4 is 16.4 Å². The van der Waals surface area contributed by atoms with E-state index in [2.05, 4.69) is 21.7 Å². The lowest BCUT2D eigenvalue weighted by atomic mass is 10.0. The molecule has 0 spiro atoms. The molecular formula is C25H23F5N6O4. The van der Waals surface area contributed by atoms with Crippen LogP contribution in [0.3, 0.4) is 0 Å². The molecule has 1 saturated heterocycles. The number of amides is 3. The number of nitriles is 1. The molecule has 1 aromatic heterocycles. The maximum absolute atomic E-state index is 13.3. The third-order valence-corrected chi connectivity index (χ3v) is 5.89. The number of aromatic amines is 1. The second-order valence-electron chi connectivity index (χ2n) is 8.71. The van der Waals surface area contributed by atoms with Gasteiger partial charge in [0.1, 0.15) is 6.04 Å². The lowest BCUT2D eigenvalue weighted by Crippen LogP contribution is -2.46. The van der Waals surface area contributed by atoms with Gasteiger partial charge in [-0.2, -0.15) is 18.4 Å². The van der Waals surface area contributed by atoms with Crippen molar-refractivity contribution in [2.24, 2.45) is 5.73 Å². The van der Waals surface area contributed by atoms with Crippen LogP contribution in [-0.4, -0.2) is 57.7 Å². The minimum atomic E-state index is -5.08. The summed E-state index contributed by atoms with van der Waals surface area (Å²) in [7, 11) is 0. The fourth-order valence-electron chi connectivity index (χ4n) is 3.99. The van der Waals surface area contributed by atoms with Gasteiger partial charge < -0.3 is 31.4 Å². The van der Waals surface area contributed by atoms with E-state index in [1.165, 1.54) is 11.0 Å². The van der Waals surface area contributed by atoms with Gasteiger partial charge in [-0.15, -0.1) is 0 Å². The molecule has 3 aromatic rings. The van der Waals surface area contributed by atoms with Gasteiger partial charge in [0.05, 0.1) is 12.1 Å². The molecule has 2 unspecified atom stereocenters. The van der Waals surface area contributed by atoms with Gasteiger partial charge in [-0.1, -0.05) is 0 Å². The highest BCUT2D eigenvalue weighted by Crippen LogP contribution is 2.25. The van der Waals surface area contributed by atoms with Crippen molar-refractivity contribution >= 4 is 40.2 Å². The van der Waals surface area contributed by atoms with Crippen molar-refractivity contribution in [2.45, 2.75) is 37.5 Å². The van der Waals surface area contributed by atoms with E-state index in [9.17, 15) is 36.8 Å². The van der Waals surface area contributed by atoms with Gasteiger partial charge in [0.25, 0.3) is 0 Å². The van der Waals surface area contributed by atoms with Gasteiger partial charge >= 0.3 is 18.2 Å². The number of aliphatic carboxylic acids is 1.